The summed E-state index contributed by atoms with van der Waals surface area (Å²) in [6.07, 6.45) is 1.26. The molecule has 0 amide bonds. The van der Waals surface area contributed by atoms with Gasteiger partial charge in [0.1, 0.15) is 5.75 Å². The van der Waals surface area contributed by atoms with Crippen LogP contribution in [0.1, 0.15) is 20.3 Å². The highest BCUT2D eigenvalue weighted by atomic mass is 32.1. The Bertz CT molecular complexity index is 537. The Balaban J connectivity index is 1.84. The van der Waals surface area contributed by atoms with Crippen LogP contribution >= 0.6 is 11.3 Å². The zero-order valence-electron chi connectivity index (χ0n) is 10.1. The van der Waals surface area contributed by atoms with E-state index in [-0.39, 0.29) is 0 Å². The first-order valence-electron chi connectivity index (χ1n) is 6.06. The SMILES string of the molecule is CCOc1ccc2nc(NC3CC3C)sc2c1. The van der Waals surface area contributed by atoms with Crippen molar-refractivity contribution in [2.75, 3.05) is 11.9 Å². The molecule has 0 aliphatic heterocycles. The first-order valence-corrected chi connectivity index (χ1v) is 6.88. The van der Waals surface area contributed by atoms with E-state index in [4.69, 9.17) is 4.74 Å². The molecule has 0 bridgehead atoms. The van der Waals surface area contributed by atoms with Crippen LogP contribution in [-0.2, 0) is 0 Å². The van der Waals surface area contributed by atoms with Gasteiger partial charge in [-0.25, -0.2) is 4.98 Å². The Labute approximate surface area is 105 Å². The van der Waals surface area contributed by atoms with E-state index in [1.165, 1.54) is 11.1 Å². The molecule has 1 aliphatic rings. The fourth-order valence-electron chi connectivity index (χ4n) is 1.90. The standard InChI is InChI=1S/C13H16N2OS/c1-3-16-9-4-5-10-12(7-9)17-13(14-10)15-11-6-8(11)2/h4-5,7-8,11H,3,6H2,1-2H3,(H,14,15). The number of hydrogen-bond donors (Lipinski definition) is 1. The molecule has 1 aromatic heterocycles. The van der Waals surface area contributed by atoms with Crippen molar-refractivity contribution in [1.82, 2.24) is 4.98 Å². The van der Waals surface area contributed by atoms with E-state index in [0.29, 0.717) is 12.6 Å². The molecule has 2 unspecified atom stereocenters. The summed E-state index contributed by atoms with van der Waals surface area (Å²) >= 11 is 1.71. The van der Waals surface area contributed by atoms with Crippen LogP contribution in [0.15, 0.2) is 18.2 Å². The third-order valence-electron chi connectivity index (χ3n) is 3.09. The largest absolute Gasteiger partial charge is 0.494 e. The van der Waals surface area contributed by atoms with Crippen LogP contribution in [0, 0.1) is 5.92 Å². The number of fused-ring (bicyclic) bond motifs is 1. The van der Waals surface area contributed by atoms with Gasteiger partial charge < -0.3 is 10.1 Å². The van der Waals surface area contributed by atoms with E-state index in [0.717, 1.165) is 22.3 Å². The average molecular weight is 248 g/mol. The molecular weight excluding hydrogens is 232 g/mol. The van der Waals surface area contributed by atoms with Crippen LogP contribution < -0.4 is 10.1 Å². The van der Waals surface area contributed by atoms with Crippen molar-refractivity contribution >= 4 is 26.7 Å². The minimum absolute atomic E-state index is 0.627. The van der Waals surface area contributed by atoms with Gasteiger partial charge in [-0.05, 0) is 37.5 Å². The van der Waals surface area contributed by atoms with Gasteiger partial charge in [-0.1, -0.05) is 18.3 Å². The Kier molecular flexibility index (Phi) is 2.67. The van der Waals surface area contributed by atoms with Gasteiger partial charge in [0, 0.05) is 6.04 Å². The summed E-state index contributed by atoms with van der Waals surface area (Å²) in [4.78, 5) is 4.58. The van der Waals surface area contributed by atoms with E-state index >= 15 is 0 Å². The first-order chi connectivity index (χ1) is 8.26. The first kappa shape index (κ1) is 10.8. The highest BCUT2D eigenvalue weighted by Gasteiger charge is 2.33. The Morgan fingerprint density at radius 2 is 2.35 bits per heavy atom. The van der Waals surface area contributed by atoms with Crippen molar-refractivity contribution in [3.63, 3.8) is 0 Å². The third-order valence-corrected chi connectivity index (χ3v) is 4.04. The monoisotopic (exact) mass is 248 g/mol. The van der Waals surface area contributed by atoms with Crippen LogP contribution in [0.2, 0.25) is 0 Å². The molecule has 17 heavy (non-hydrogen) atoms. The number of anilines is 1. The van der Waals surface area contributed by atoms with Crippen molar-refractivity contribution in [2.45, 2.75) is 26.3 Å². The smallest absolute Gasteiger partial charge is 0.184 e. The molecule has 1 N–H and O–H groups in total. The van der Waals surface area contributed by atoms with Gasteiger partial charge >= 0.3 is 0 Å². The molecule has 1 aromatic carbocycles. The topological polar surface area (TPSA) is 34.1 Å². The van der Waals surface area contributed by atoms with Gasteiger partial charge in [-0.3, -0.25) is 0 Å². The van der Waals surface area contributed by atoms with Crippen LogP contribution in [0.4, 0.5) is 5.13 Å². The molecule has 2 aromatic rings. The quantitative estimate of drug-likeness (QED) is 0.899. The van der Waals surface area contributed by atoms with Crippen molar-refractivity contribution in [3.05, 3.63) is 18.2 Å². The van der Waals surface area contributed by atoms with Gasteiger partial charge in [0.25, 0.3) is 0 Å². The molecule has 1 aliphatic carbocycles. The van der Waals surface area contributed by atoms with Crippen LogP contribution in [0.5, 0.6) is 5.75 Å². The van der Waals surface area contributed by atoms with E-state index in [2.05, 4.69) is 23.3 Å². The number of rotatable bonds is 4. The number of thiazole rings is 1. The average Bonchev–Trinajstić information content (AvgIpc) is 2.85. The van der Waals surface area contributed by atoms with Crippen molar-refractivity contribution in [1.29, 1.82) is 0 Å². The predicted octanol–water partition coefficient (Wildman–Crippen LogP) is 3.52. The summed E-state index contributed by atoms with van der Waals surface area (Å²) in [6, 6.07) is 6.70. The molecular formula is C13H16N2OS. The maximum absolute atomic E-state index is 5.49. The Hall–Kier alpha value is -1.29. The molecule has 1 saturated carbocycles. The highest BCUT2D eigenvalue weighted by molar-refractivity contribution is 7.22. The second-order valence-electron chi connectivity index (χ2n) is 4.55. The van der Waals surface area contributed by atoms with Gasteiger partial charge in [0.15, 0.2) is 5.13 Å². The lowest BCUT2D eigenvalue weighted by Gasteiger charge is -2.00. The zero-order chi connectivity index (χ0) is 11.8. The van der Waals surface area contributed by atoms with Crippen LogP contribution in [-0.4, -0.2) is 17.6 Å². The van der Waals surface area contributed by atoms with E-state index in [9.17, 15) is 0 Å². The molecule has 1 heterocycles. The van der Waals surface area contributed by atoms with Crippen molar-refractivity contribution in [3.8, 4) is 5.75 Å². The summed E-state index contributed by atoms with van der Waals surface area (Å²) in [5, 5.41) is 4.50. The van der Waals surface area contributed by atoms with Crippen LogP contribution in [0.3, 0.4) is 0 Å². The zero-order valence-corrected chi connectivity index (χ0v) is 10.9. The Morgan fingerprint density at radius 3 is 3.06 bits per heavy atom. The number of nitrogens with one attached hydrogen (secondary N) is 1. The fraction of sp³-hybridized carbons (Fsp3) is 0.462. The summed E-state index contributed by atoms with van der Waals surface area (Å²) in [5.74, 6) is 1.72. The number of ether oxygens (including phenoxy) is 1. The van der Waals surface area contributed by atoms with Crippen molar-refractivity contribution in [2.24, 2.45) is 5.92 Å². The minimum Gasteiger partial charge on any atom is -0.494 e. The molecule has 3 nitrogen and oxygen atoms in total. The van der Waals surface area contributed by atoms with E-state index < -0.39 is 0 Å². The number of aromatic nitrogens is 1. The molecule has 0 radical (unpaired) electrons. The second-order valence-corrected chi connectivity index (χ2v) is 5.58. The van der Waals surface area contributed by atoms with Gasteiger partial charge in [0.05, 0.1) is 16.8 Å². The summed E-state index contributed by atoms with van der Waals surface area (Å²) < 4.78 is 6.68. The molecule has 4 heteroatoms. The summed E-state index contributed by atoms with van der Waals surface area (Å²) in [7, 11) is 0. The third kappa shape index (κ3) is 2.22. The predicted molar refractivity (Wildman–Crippen MR) is 72.0 cm³/mol. The molecule has 1 fully saturated rings. The lowest BCUT2D eigenvalue weighted by atomic mass is 10.3. The second kappa shape index (κ2) is 4.18. The van der Waals surface area contributed by atoms with E-state index in [1.807, 2.05) is 19.1 Å². The molecule has 0 spiro atoms. The fourth-order valence-corrected chi connectivity index (χ4v) is 2.86. The number of hydrogen-bond acceptors (Lipinski definition) is 4. The van der Waals surface area contributed by atoms with Gasteiger partial charge in [0.2, 0.25) is 0 Å². The minimum atomic E-state index is 0.627. The lowest BCUT2D eigenvalue weighted by Crippen LogP contribution is -2.02. The molecule has 2 atom stereocenters. The normalized spacial score (nSPS) is 22.7. The maximum Gasteiger partial charge on any atom is 0.184 e. The lowest BCUT2D eigenvalue weighted by molar-refractivity contribution is 0.341. The highest BCUT2D eigenvalue weighted by Crippen LogP contribution is 2.36. The van der Waals surface area contributed by atoms with Gasteiger partial charge in [-0.15, -0.1) is 0 Å². The maximum atomic E-state index is 5.49. The summed E-state index contributed by atoms with van der Waals surface area (Å²) in [5.41, 5.74) is 1.05. The number of benzene rings is 1. The van der Waals surface area contributed by atoms with Crippen LogP contribution in [0.25, 0.3) is 10.2 Å². The molecule has 90 valence electrons. The molecule has 0 saturated heterocycles. The Morgan fingerprint density at radius 1 is 1.53 bits per heavy atom. The molecule has 3 rings (SSSR count). The van der Waals surface area contributed by atoms with Gasteiger partial charge in [-0.2, -0.15) is 0 Å². The van der Waals surface area contributed by atoms with E-state index in [1.54, 1.807) is 11.3 Å². The van der Waals surface area contributed by atoms with Crippen molar-refractivity contribution < 1.29 is 4.74 Å². The number of nitrogens with zero attached hydrogens (tertiary/aromatic N) is 1. The summed E-state index contributed by atoms with van der Waals surface area (Å²) in [6.45, 7) is 4.96.